The van der Waals surface area contributed by atoms with Crippen molar-refractivity contribution < 1.29 is 13.2 Å². The molecule has 0 aliphatic carbocycles. The minimum absolute atomic E-state index is 0.0530. The van der Waals surface area contributed by atoms with E-state index in [9.17, 15) is 13.2 Å². The number of rotatable bonds is 5. The van der Waals surface area contributed by atoms with Gasteiger partial charge in [0, 0.05) is 30.4 Å². The second-order valence-corrected chi connectivity index (χ2v) is 6.44. The first-order chi connectivity index (χ1) is 11.5. The van der Waals surface area contributed by atoms with Crippen LogP contribution in [0.4, 0.5) is 16.3 Å². The van der Waals surface area contributed by atoms with Crippen molar-refractivity contribution in [2.75, 3.05) is 23.7 Å². The zero-order chi connectivity index (χ0) is 17.1. The smallest absolute Gasteiger partial charge is 0.246 e. The normalized spacial score (nSPS) is 18.5. The molecule has 2 unspecified atom stereocenters. The number of aromatic amines is 1. The summed E-state index contributed by atoms with van der Waals surface area (Å²) in [4.78, 5) is 6.08. The Hall–Kier alpha value is -2.04. The van der Waals surface area contributed by atoms with E-state index in [4.69, 9.17) is 5.73 Å². The number of hydrogen-bond donors (Lipinski definition) is 3. The van der Waals surface area contributed by atoms with Crippen LogP contribution in [0.2, 0.25) is 0 Å². The molecule has 130 valence electrons. The van der Waals surface area contributed by atoms with E-state index >= 15 is 0 Å². The van der Waals surface area contributed by atoms with Crippen molar-refractivity contribution in [3.8, 4) is 0 Å². The van der Waals surface area contributed by atoms with E-state index in [0.717, 1.165) is 12.8 Å². The van der Waals surface area contributed by atoms with Gasteiger partial charge in [-0.2, -0.15) is 4.98 Å². The van der Waals surface area contributed by atoms with Crippen molar-refractivity contribution in [3.63, 3.8) is 0 Å². The maximum Gasteiger partial charge on any atom is 0.246 e. The van der Waals surface area contributed by atoms with E-state index in [-0.39, 0.29) is 17.7 Å². The van der Waals surface area contributed by atoms with Gasteiger partial charge in [-0.15, -0.1) is 5.10 Å². The van der Waals surface area contributed by atoms with Gasteiger partial charge in [0.1, 0.15) is 5.82 Å². The molecule has 2 atom stereocenters. The molecule has 1 aromatic heterocycles. The quantitative estimate of drug-likeness (QED) is 0.685. The summed E-state index contributed by atoms with van der Waals surface area (Å²) in [5.41, 5.74) is 6.16. The fourth-order valence-corrected chi connectivity index (χ4v) is 3.62. The third-order valence-corrected chi connectivity index (χ3v) is 4.66. The molecule has 8 nitrogen and oxygen atoms in total. The summed E-state index contributed by atoms with van der Waals surface area (Å²) in [7, 11) is 0. The lowest BCUT2D eigenvalue weighted by Gasteiger charge is -2.36. The molecular weight excluding hydrogens is 335 g/mol. The van der Waals surface area contributed by atoms with Gasteiger partial charge < -0.3 is 15.2 Å². The third kappa shape index (κ3) is 3.89. The molecule has 2 heterocycles. The standard InChI is InChI=1S/C14H19FN6O2S/c15-11-3-1-2-10(8-11)12(20-24(22)23)9-4-6-21(7-5-9)14-17-13(16)18-19-14/h1-3,8-9,12,20H,4-7H2,(H,22,23)(H3,16,17,18,19)/p-1. The molecule has 1 aliphatic rings. The van der Waals surface area contributed by atoms with Gasteiger partial charge in [0.2, 0.25) is 11.9 Å². The number of halogens is 1. The van der Waals surface area contributed by atoms with Crippen LogP contribution in [0.1, 0.15) is 24.4 Å². The van der Waals surface area contributed by atoms with Gasteiger partial charge in [0.25, 0.3) is 0 Å². The van der Waals surface area contributed by atoms with Crippen LogP contribution in [0.15, 0.2) is 24.3 Å². The van der Waals surface area contributed by atoms with Gasteiger partial charge in [-0.05, 0) is 36.5 Å². The van der Waals surface area contributed by atoms with Gasteiger partial charge in [-0.1, -0.05) is 12.1 Å². The van der Waals surface area contributed by atoms with E-state index < -0.39 is 17.3 Å². The van der Waals surface area contributed by atoms with Crippen LogP contribution >= 0.6 is 0 Å². The summed E-state index contributed by atoms with van der Waals surface area (Å²) >= 11 is -2.43. The Labute approximate surface area is 141 Å². The highest BCUT2D eigenvalue weighted by Crippen LogP contribution is 2.32. The van der Waals surface area contributed by atoms with Crippen molar-refractivity contribution in [1.29, 1.82) is 0 Å². The summed E-state index contributed by atoms with van der Waals surface area (Å²) < 4.78 is 38.3. The molecule has 1 aliphatic heterocycles. The van der Waals surface area contributed by atoms with Crippen molar-refractivity contribution in [2.24, 2.45) is 5.92 Å². The van der Waals surface area contributed by atoms with E-state index in [2.05, 4.69) is 19.9 Å². The Bertz CT molecular complexity index is 719. The predicted molar refractivity (Wildman–Crippen MR) is 86.9 cm³/mol. The number of nitrogens with one attached hydrogen (secondary N) is 2. The van der Waals surface area contributed by atoms with Crippen LogP contribution in [0.5, 0.6) is 0 Å². The fraction of sp³-hybridized carbons (Fsp3) is 0.429. The van der Waals surface area contributed by atoms with Gasteiger partial charge in [0.05, 0.1) is 0 Å². The molecule has 0 spiro atoms. The highest BCUT2D eigenvalue weighted by atomic mass is 32.2. The number of aromatic nitrogens is 3. The minimum Gasteiger partial charge on any atom is -0.760 e. The van der Waals surface area contributed by atoms with E-state index in [1.54, 1.807) is 12.1 Å². The maximum absolute atomic E-state index is 13.5. The molecule has 0 amide bonds. The zero-order valence-electron chi connectivity index (χ0n) is 12.8. The van der Waals surface area contributed by atoms with E-state index in [1.807, 2.05) is 4.90 Å². The number of nitrogens with zero attached hydrogens (tertiary/aromatic N) is 3. The Balaban J connectivity index is 1.72. The molecule has 0 saturated carbocycles. The highest BCUT2D eigenvalue weighted by Gasteiger charge is 2.29. The summed E-state index contributed by atoms with van der Waals surface area (Å²) in [5, 5.41) is 6.63. The lowest BCUT2D eigenvalue weighted by Crippen LogP contribution is -2.40. The molecule has 2 aromatic rings. The molecule has 1 saturated heterocycles. The predicted octanol–water partition coefficient (Wildman–Crippen LogP) is 0.867. The Morgan fingerprint density at radius 3 is 2.79 bits per heavy atom. The molecule has 0 radical (unpaired) electrons. The molecule has 1 fully saturated rings. The second kappa shape index (κ2) is 7.24. The van der Waals surface area contributed by atoms with Gasteiger partial charge in [-0.25, -0.2) is 14.2 Å². The topological polar surface area (TPSA) is 123 Å². The summed E-state index contributed by atoms with van der Waals surface area (Å²) in [6.07, 6.45) is 1.44. The van der Waals surface area contributed by atoms with Crippen molar-refractivity contribution in [3.05, 3.63) is 35.6 Å². The first-order valence-electron chi connectivity index (χ1n) is 7.56. The lowest BCUT2D eigenvalue weighted by atomic mass is 9.86. The van der Waals surface area contributed by atoms with Crippen molar-refractivity contribution >= 4 is 23.2 Å². The number of H-pyrrole nitrogens is 1. The average molecular weight is 353 g/mol. The largest absolute Gasteiger partial charge is 0.760 e. The Morgan fingerprint density at radius 2 is 2.21 bits per heavy atom. The highest BCUT2D eigenvalue weighted by molar-refractivity contribution is 7.77. The number of hydrogen-bond acceptors (Lipinski definition) is 6. The molecule has 1 aromatic carbocycles. The molecule has 24 heavy (non-hydrogen) atoms. The molecule has 3 rings (SSSR count). The number of nitrogen functional groups attached to an aromatic ring is 1. The van der Waals surface area contributed by atoms with Crippen molar-refractivity contribution in [1.82, 2.24) is 19.9 Å². The fourth-order valence-electron chi connectivity index (χ4n) is 3.08. The number of nitrogens with two attached hydrogens (primary N) is 1. The van der Waals surface area contributed by atoms with Crippen LogP contribution in [0, 0.1) is 11.7 Å². The summed E-state index contributed by atoms with van der Waals surface area (Å²) in [5.74, 6) is 0.462. The summed E-state index contributed by atoms with van der Waals surface area (Å²) in [6.45, 7) is 1.34. The van der Waals surface area contributed by atoms with Crippen LogP contribution in [0.25, 0.3) is 0 Å². The van der Waals surface area contributed by atoms with Crippen molar-refractivity contribution in [2.45, 2.75) is 18.9 Å². The number of piperidine rings is 1. The van der Waals surface area contributed by atoms with Crippen LogP contribution < -0.4 is 15.4 Å². The van der Waals surface area contributed by atoms with Gasteiger partial charge in [0.15, 0.2) is 0 Å². The second-order valence-electron chi connectivity index (χ2n) is 5.73. The van der Waals surface area contributed by atoms with Crippen LogP contribution in [0.3, 0.4) is 0 Å². The molecule has 0 bridgehead atoms. The van der Waals surface area contributed by atoms with Crippen LogP contribution in [-0.4, -0.2) is 37.0 Å². The lowest BCUT2D eigenvalue weighted by molar-refractivity contribution is 0.322. The monoisotopic (exact) mass is 353 g/mol. The van der Waals surface area contributed by atoms with E-state index in [1.165, 1.54) is 12.1 Å². The first-order valence-corrected chi connectivity index (χ1v) is 8.64. The molecule has 4 N–H and O–H groups in total. The molecule has 10 heteroatoms. The summed E-state index contributed by atoms with van der Waals surface area (Å²) in [6, 6.07) is 5.56. The van der Waals surface area contributed by atoms with Crippen LogP contribution in [-0.2, 0) is 11.3 Å². The number of benzene rings is 1. The minimum atomic E-state index is -2.43. The Morgan fingerprint density at radius 1 is 1.46 bits per heavy atom. The molecular formula is C14H18FN6O2S-. The zero-order valence-corrected chi connectivity index (χ0v) is 13.6. The number of anilines is 2. The Kier molecular flexibility index (Phi) is 5.07. The first kappa shape index (κ1) is 16.8. The van der Waals surface area contributed by atoms with E-state index in [0.29, 0.717) is 24.6 Å². The SMILES string of the molecule is Nc1nc(N2CCC(C(NS(=O)[O-])c3cccc(F)c3)CC2)n[nH]1. The maximum atomic E-state index is 13.5. The van der Waals surface area contributed by atoms with Gasteiger partial charge in [-0.3, -0.25) is 4.21 Å². The van der Waals surface area contributed by atoms with Gasteiger partial charge >= 0.3 is 0 Å². The third-order valence-electron chi connectivity index (χ3n) is 4.22. The average Bonchev–Trinajstić information content (AvgIpc) is 2.99.